The van der Waals surface area contributed by atoms with Crippen LogP contribution in [0.25, 0.3) is 0 Å². The van der Waals surface area contributed by atoms with Crippen LogP contribution in [0.5, 0.6) is 0 Å². The van der Waals surface area contributed by atoms with Gasteiger partial charge in [-0.1, -0.05) is 0 Å². The second-order valence-corrected chi connectivity index (χ2v) is 0. The molecule has 0 saturated carbocycles. The molecule has 0 radical (unpaired) electrons. The van der Waals surface area contributed by atoms with Gasteiger partial charge in [0, 0.05) is 0 Å². The Morgan fingerprint density at radius 1 is 1.17 bits per heavy atom. The van der Waals surface area contributed by atoms with Crippen LogP contribution >= 0.6 is 0 Å². The quantitative estimate of drug-likeness (QED) is 0.442. The molecule has 6 heavy (non-hydrogen) atoms. The molecule has 0 aromatic carbocycles. The summed E-state index contributed by atoms with van der Waals surface area (Å²) in [5.74, 6) is 0. The zero-order valence-electron chi connectivity index (χ0n) is 3.14. The second kappa shape index (κ2) is 83.3. The van der Waals surface area contributed by atoms with Gasteiger partial charge in [0.15, 0.2) is 0 Å². The number of rotatable bonds is 0. The van der Waals surface area contributed by atoms with Crippen LogP contribution in [0.1, 0.15) is 0 Å². The van der Waals surface area contributed by atoms with Crippen LogP contribution in [0.3, 0.4) is 0 Å². The first-order valence-corrected chi connectivity index (χ1v) is 1.48. The Morgan fingerprint density at radius 3 is 1.17 bits per heavy atom. The molecule has 0 aliphatic carbocycles. The van der Waals surface area contributed by atoms with Gasteiger partial charge in [-0.15, -0.1) is 0 Å². The third-order valence-electron chi connectivity index (χ3n) is 0. The number of hydrogen-bond acceptors (Lipinski definition) is 3. The van der Waals surface area contributed by atoms with Crippen molar-refractivity contribution in [1.82, 2.24) is 0 Å². The van der Waals surface area contributed by atoms with Gasteiger partial charge >= 0.3 is 66.6 Å². The van der Waals surface area contributed by atoms with Crippen molar-refractivity contribution in [2.24, 2.45) is 0 Å². The van der Waals surface area contributed by atoms with Gasteiger partial charge in [-0.25, -0.2) is 0 Å². The zero-order valence-corrected chi connectivity index (χ0v) is 7.88. The van der Waals surface area contributed by atoms with Crippen molar-refractivity contribution in [3.63, 3.8) is 0 Å². The fourth-order valence-corrected chi connectivity index (χ4v) is 0. The van der Waals surface area contributed by atoms with Crippen LogP contribution in [0.4, 0.5) is 0 Å². The third kappa shape index (κ3) is 47.5. The van der Waals surface area contributed by atoms with E-state index < -0.39 is 0 Å². The van der Waals surface area contributed by atoms with Crippen LogP contribution in [0.15, 0.2) is 0 Å². The van der Waals surface area contributed by atoms with E-state index in [4.69, 9.17) is 7.16 Å². The molecule has 0 aromatic heterocycles. The summed E-state index contributed by atoms with van der Waals surface area (Å²) in [6.45, 7) is 0. The molecule has 0 unspecified atom stereocenters. The molecule has 0 saturated heterocycles. The van der Waals surface area contributed by atoms with Crippen molar-refractivity contribution in [1.29, 1.82) is 0 Å². The molecule has 0 rings (SSSR count). The molecule has 0 bridgehead atoms. The predicted molar refractivity (Wildman–Crippen MR) is 10.5 cm³/mol. The summed E-state index contributed by atoms with van der Waals surface area (Å²) in [7, 11) is 0. The fourth-order valence-electron chi connectivity index (χ4n) is 0. The van der Waals surface area contributed by atoms with E-state index in [1.54, 1.807) is 15.9 Å². The molecule has 0 spiro atoms. The van der Waals surface area contributed by atoms with Crippen LogP contribution in [0.2, 0.25) is 0 Å². The average Bonchev–Trinajstić information content (AvgIpc) is 1.50. The van der Waals surface area contributed by atoms with Crippen LogP contribution in [0, 0.1) is 0 Å². The maximum absolute atomic E-state index is 8.25. The van der Waals surface area contributed by atoms with E-state index in [-0.39, 0.29) is 28.5 Å². The topological polar surface area (TPSA) is 64.1 Å². The van der Waals surface area contributed by atoms with Crippen LogP contribution in [-0.4, -0.2) is 28.5 Å². The van der Waals surface area contributed by atoms with Gasteiger partial charge in [-0.2, -0.15) is 0 Å². The molecule has 0 fully saturated rings. The van der Waals surface area contributed by atoms with Crippen LogP contribution < -0.4 is 0 Å². The van der Waals surface area contributed by atoms with Crippen molar-refractivity contribution in [3.05, 3.63) is 0 Å². The fraction of sp³-hybridized carbons (Fsp3) is 0. The molecule has 0 amide bonds. The minimum atomic E-state index is 0. The summed E-state index contributed by atoms with van der Waals surface area (Å²) in [6, 6.07) is 0. The van der Waals surface area contributed by atoms with Gasteiger partial charge in [0.1, 0.15) is 0 Å². The summed E-state index contributed by atoms with van der Waals surface area (Å²) >= 11 is 2.44. The van der Waals surface area contributed by atoms with Crippen molar-refractivity contribution < 1.29 is 49.0 Å². The van der Waals surface area contributed by atoms with E-state index in [1.807, 2.05) is 0 Å². The van der Waals surface area contributed by atoms with Gasteiger partial charge in [0.2, 0.25) is 0 Å². The maximum atomic E-state index is 8.25. The SMILES string of the molecule is [MgH+].[OH-].[O]=[Mn].[O]=[Ti]. The standard InChI is InChI=1S/Mg.Mn.H2O.2O.Ti.H/h;;1H2;;;;/q+1;;;;;;/p-1. The van der Waals surface area contributed by atoms with E-state index >= 15 is 0 Å². The summed E-state index contributed by atoms with van der Waals surface area (Å²) < 4.78 is 16.3. The Kier molecular flexibility index (Phi) is 357. The van der Waals surface area contributed by atoms with E-state index in [0.29, 0.717) is 0 Å². The molecule has 0 aliphatic heterocycles. The molecule has 0 aromatic rings. The first kappa shape index (κ1) is 25.7. The Hall–Kier alpha value is 1.56. The van der Waals surface area contributed by atoms with E-state index in [0.717, 1.165) is 20.4 Å². The van der Waals surface area contributed by atoms with Crippen molar-refractivity contribution in [2.45, 2.75) is 0 Å². The molecule has 0 atom stereocenters. The normalized spacial score (nSPS) is 1.17. The second-order valence-electron chi connectivity index (χ2n) is 0. The van der Waals surface area contributed by atoms with Gasteiger partial charge in [0.05, 0.1) is 0 Å². The summed E-state index contributed by atoms with van der Waals surface area (Å²) in [5, 5.41) is 0. The number of hydrogen-bond donors (Lipinski definition) is 0. The molecular formula is H2MgMnO3Ti. The molecule has 0 aliphatic rings. The zero-order chi connectivity index (χ0) is 4.00. The molecule has 6 heteroatoms. The average molecular weight is 177 g/mol. The molecule has 1 N–H and O–H groups in total. The van der Waals surface area contributed by atoms with Gasteiger partial charge in [0.25, 0.3) is 0 Å². The first-order chi connectivity index (χ1) is 2.00. The molecule has 33 valence electrons. The summed E-state index contributed by atoms with van der Waals surface area (Å²) in [4.78, 5) is 0. The van der Waals surface area contributed by atoms with E-state index in [1.165, 1.54) is 0 Å². The van der Waals surface area contributed by atoms with Crippen molar-refractivity contribution in [2.75, 3.05) is 0 Å². The van der Waals surface area contributed by atoms with Gasteiger partial charge in [-0.05, 0) is 0 Å². The monoisotopic (exact) mass is 177 g/mol. The van der Waals surface area contributed by atoms with Gasteiger partial charge in [-0.3, -0.25) is 0 Å². The third-order valence-corrected chi connectivity index (χ3v) is 0. The summed E-state index contributed by atoms with van der Waals surface area (Å²) in [5.41, 5.74) is 0. The van der Waals surface area contributed by atoms with Crippen molar-refractivity contribution >= 4 is 23.1 Å². The van der Waals surface area contributed by atoms with Crippen molar-refractivity contribution in [3.8, 4) is 0 Å². The predicted octanol–water partition coefficient (Wildman–Crippen LogP) is -1.07. The van der Waals surface area contributed by atoms with Gasteiger partial charge < -0.3 is 5.48 Å². The Labute approximate surface area is 71.5 Å². The van der Waals surface area contributed by atoms with Crippen LogP contribution in [-0.2, 0) is 43.5 Å². The Balaban J connectivity index is -0.00000000500. The minimum absolute atomic E-state index is 0. The summed E-state index contributed by atoms with van der Waals surface area (Å²) in [6.07, 6.45) is 0. The Morgan fingerprint density at radius 2 is 1.17 bits per heavy atom. The van der Waals surface area contributed by atoms with E-state index in [2.05, 4.69) is 0 Å². The first-order valence-electron chi connectivity index (χ1n) is 0.358. The molecule has 0 heterocycles. The molecular weight excluding hydrogens is 175 g/mol. The Bertz CT molecular complexity index is 12.8. The molecule has 3 nitrogen and oxygen atoms in total. The van der Waals surface area contributed by atoms with E-state index in [9.17, 15) is 0 Å².